The van der Waals surface area contributed by atoms with Gasteiger partial charge in [0.1, 0.15) is 97.5 Å². The molecule has 4 aliphatic rings. The van der Waals surface area contributed by atoms with Crippen molar-refractivity contribution in [3.05, 3.63) is 0 Å². The number of carbonyl (C=O) groups excluding carboxylic acids is 2. The van der Waals surface area contributed by atoms with Crippen LogP contribution < -0.4 is 10.6 Å². The van der Waals surface area contributed by atoms with Crippen LogP contribution in [0.3, 0.4) is 0 Å². The summed E-state index contributed by atoms with van der Waals surface area (Å²) < 4.78 is 74.3. The molecule has 0 radical (unpaired) electrons. The van der Waals surface area contributed by atoms with Crippen molar-refractivity contribution in [3.63, 3.8) is 0 Å². The second kappa shape index (κ2) is 19.2. The second-order valence-corrected chi connectivity index (χ2v) is 14.3. The summed E-state index contributed by atoms with van der Waals surface area (Å²) in [5, 5.41) is 120. The van der Waals surface area contributed by atoms with E-state index in [0.717, 1.165) is 13.8 Å². The molecule has 14 N–H and O–H groups in total. The monoisotopic (exact) mass is 828 g/mol. The first kappa shape index (κ1) is 45.8. The Hall–Kier alpha value is -1.91. The molecule has 0 saturated carbocycles. The number of aliphatic hydroxyl groups is 11. The third-order valence-electron chi connectivity index (χ3n) is 9.19. The molecule has 4 fully saturated rings. The highest BCUT2D eigenvalue weighted by molar-refractivity contribution is 7.80. The van der Waals surface area contributed by atoms with E-state index in [9.17, 15) is 74.2 Å². The molecule has 0 bridgehead atoms. The fourth-order valence-electron chi connectivity index (χ4n) is 6.38. The van der Waals surface area contributed by atoms with Gasteiger partial charge in [-0.2, -0.15) is 8.42 Å². The molecule has 0 spiro atoms. The van der Waals surface area contributed by atoms with E-state index in [0.29, 0.717) is 0 Å². The zero-order chi connectivity index (χ0) is 41.1. The van der Waals surface area contributed by atoms with Crippen molar-refractivity contribution < 1.29 is 116 Å². The van der Waals surface area contributed by atoms with Crippen molar-refractivity contribution in [2.75, 3.05) is 26.4 Å². The average molecular weight is 829 g/mol. The van der Waals surface area contributed by atoms with Crippen molar-refractivity contribution in [1.29, 1.82) is 0 Å². The highest BCUT2D eigenvalue weighted by Crippen LogP contribution is 2.32. The van der Waals surface area contributed by atoms with Gasteiger partial charge in [-0.05, 0) is 0 Å². The van der Waals surface area contributed by atoms with Gasteiger partial charge in [0.15, 0.2) is 25.2 Å². The minimum atomic E-state index is -5.06. The number of amides is 2. The van der Waals surface area contributed by atoms with Gasteiger partial charge in [-0.25, -0.2) is 4.18 Å². The van der Waals surface area contributed by atoms with Gasteiger partial charge in [-0.15, -0.1) is 0 Å². The Balaban J connectivity index is 1.56. The lowest BCUT2D eigenvalue weighted by Crippen LogP contribution is -2.69. The number of hydrogen-bond donors (Lipinski definition) is 14. The van der Waals surface area contributed by atoms with E-state index in [2.05, 4.69) is 14.8 Å². The Morgan fingerprint density at radius 1 is 0.564 bits per heavy atom. The highest BCUT2D eigenvalue weighted by atomic mass is 32.3. The molecule has 4 rings (SSSR count). The molecule has 0 aromatic rings. The van der Waals surface area contributed by atoms with Crippen LogP contribution in [-0.4, -0.2) is 230 Å². The second-order valence-electron chi connectivity index (χ2n) is 13.2. The molecule has 320 valence electrons. The summed E-state index contributed by atoms with van der Waals surface area (Å²) in [6.45, 7) is -1.55. The first-order valence-corrected chi connectivity index (χ1v) is 18.1. The smallest absolute Gasteiger partial charge is 0.394 e. The van der Waals surface area contributed by atoms with E-state index >= 15 is 0 Å². The van der Waals surface area contributed by atoms with Gasteiger partial charge in [-0.1, -0.05) is 0 Å². The van der Waals surface area contributed by atoms with Crippen molar-refractivity contribution in [2.24, 2.45) is 0 Å². The number of aliphatic hydroxyl groups excluding tert-OH is 11. The van der Waals surface area contributed by atoms with Crippen LogP contribution in [0.2, 0.25) is 0 Å². The molecule has 1 unspecified atom stereocenters. The quantitative estimate of drug-likeness (QED) is 0.0723. The fraction of sp³-hybridized carbons (Fsp3) is 0.929. The summed E-state index contributed by atoms with van der Waals surface area (Å²) >= 11 is 0. The highest BCUT2D eigenvalue weighted by Gasteiger charge is 2.54. The Morgan fingerprint density at radius 3 is 1.49 bits per heavy atom. The van der Waals surface area contributed by atoms with Crippen molar-refractivity contribution in [2.45, 2.75) is 137 Å². The minimum absolute atomic E-state index is 0.739. The third kappa shape index (κ3) is 11.0. The largest absolute Gasteiger partial charge is 0.397 e. The van der Waals surface area contributed by atoms with Crippen LogP contribution in [0.15, 0.2) is 0 Å². The lowest BCUT2D eigenvalue weighted by molar-refractivity contribution is -0.354. The Kier molecular flexibility index (Phi) is 16.0. The van der Waals surface area contributed by atoms with Gasteiger partial charge in [0, 0.05) is 13.8 Å². The van der Waals surface area contributed by atoms with Crippen LogP contribution in [0, 0.1) is 0 Å². The van der Waals surface area contributed by atoms with Crippen LogP contribution >= 0.6 is 0 Å². The van der Waals surface area contributed by atoms with Crippen molar-refractivity contribution >= 4 is 22.2 Å². The van der Waals surface area contributed by atoms with Gasteiger partial charge in [0.25, 0.3) is 0 Å². The molecular weight excluding hydrogens is 780 g/mol. The summed E-state index contributed by atoms with van der Waals surface area (Å²) in [5.41, 5.74) is 0. The zero-order valence-corrected chi connectivity index (χ0v) is 29.9. The number of ether oxygens (including phenoxy) is 7. The molecule has 55 heavy (non-hydrogen) atoms. The standard InChI is InChI=1S/C28H48N2O24S/c1-7(33)29-13-23(53-27-21(41)19(39)15(35)9(3-31)51-27)18(38)11(49-25(13)43)5-47-26-14(30-8(2)34)24(17(37)10(4-32)50-26)54-28-22(42)20(40)16(36)12(52-28)6-48-55(44,45)46/h9-28,31-32,35-43H,3-6H2,1-2H3,(H,29,33)(H,30,34)(H,44,45,46)/t9-,10-,11-,12-,13-,14-,15+,16+,17-,18+,19+,20+,21-,22-,23-,24-,25?,26-,27+,28+/m1/s1. The summed E-state index contributed by atoms with van der Waals surface area (Å²) in [6, 6.07) is -3.18. The van der Waals surface area contributed by atoms with Crippen LogP contribution in [0.5, 0.6) is 0 Å². The van der Waals surface area contributed by atoms with Crippen LogP contribution in [-0.2, 0) is 57.3 Å². The first-order valence-electron chi connectivity index (χ1n) is 16.7. The molecule has 20 atom stereocenters. The minimum Gasteiger partial charge on any atom is -0.394 e. The molecule has 26 nitrogen and oxygen atoms in total. The summed E-state index contributed by atoms with van der Waals surface area (Å²) in [7, 11) is -5.06. The Morgan fingerprint density at radius 2 is 0.982 bits per heavy atom. The Bertz CT molecular complexity index is 1380. The number of carbonyl (C=O) groups is 2. The average Bonchev–Trinajstić information content (AvgIpc) is 3.11. The van der Waals surface area contributed by atoms with E-state index in [-0.39, 0.29) is 0 Å². The predicted molar refractivity (Wildman–Crippen MR) is 167 cm³/mol. The van der Waals surface area contributed by atoms with Crippen molar-refractivity contribution in [3.8, 4) is 0 Å². The van der Waals surface area contributed by atoms with Gasteiger partial charge < -0.3 is 100.0 Å². The maximum absolute atomic E-state index is 12.3. The molecular formula is C28H48N2O24S. The van der Waals surface area contributed by atoms with Gasteiger partial charge in [-0.3, -0.25) is 14.1 Å². The van der Waals surface area contributed by atoms with Gasteiger partial charge in [0.05, 0.1) is 26.4 Å². The van der Waals surface area contributed by atoms with E-state index < -0.39 is 171 Å². The van der Waals surface area contributed by atoms with E-state index in [1.54, 1.807) is 0 Å². The summed E-state index contributed by atoms with van der Waals surface area (Å²) in [5.74, 6) is -1.53. The van der Waals surface area contributed by atoms with E-state index in [1.165, 1.54) is 0 Å². The maximum Gasteiger partial charge on any atom is 0.397 e. The molecule has 0 aromatic heterocycles. The molecule has 2 amide bonds. The van der Waals surface area contributed by atoms with E-state index in [4.69, 9.17) is 37.7 Å². The molecule has 4 heterocycles. The van der Waals surface area contributed by atoms with Gasteiger partial charge >= 0.3 is 10.4 Å². The van der Waals surface area contributed by atoms with Crippen LogP contribution in [0.4, 0.5) is 0 Å². The molecule has 4 aliphatic heterocycles. The van der Waals surface area contributed by atoms with E-state index in [1.807, 2.05) is 0 Å². The summed E-state index contributed by atoms with van der Waals surface area (Å²) in [6.07, 6.45) is -33.1. The lowest BCUT2D eigenvalue weighted by atomic mass is 9.94. The predicted octanol–water partition coefficient (Wildman–Crippen LogP) is -9.63. The number of rotatable bonds is 14. The summed E-state index contributed by atoms with van der Waals surface area (Å²) in [4.78, 5) is 24.3. The third-order valence-corrected chi connectivity index (χ3v) is 9.63. The Labute approximate surface area is 311 Å². The zero-order valence-electron chi connectivity index (χ0n) is 29.0. The molecule has 0 aromatic carbocycles. The first-order chi connectivity index (χ1) is 25.7. The SMILES string of the molecule is CC(=O)N[C@H]1[C@H](OC[C@H]2OC(O)[C@H](NC(C)=O)[C@@H](O[C@@H]3O[C@H](CO)[C@H](O)[C@H](O)[C@H]3O)[C@H]2O)O[C@H](CO)[C@@H](O)[C@@H]1O[C@@H]1O[C@H](COS(=O)(=O)O)[C@H](O)[C@H](O)[C@H]1O. The van der Waals surface area contributed by atoms with Gasteiger partial charge in [0.2, 0.25) is 11.8 Å². The normalized spacial score (nSPS) is 45.5. The maximum atomic E-state index is 12.3. The topological polar surface area (TPSA) is 409 Å². The molecule has 27 heteroatoms. The lowest BCUT2D eigenvalue weighted by Gasteiger charge is -2.48. The van der Waals surface area contributed by atoms with Crippen LogP contribution in [0.1, 0.15) is 13.8 Å². The number of nitrogens with one attached hydrogen (secondary N) is 2. The molecule has 4 saturated heterocycles. The van der Waals surface area contributed by atoms with Crippen LogP contribution in [0.25, 0.3) is 0 Å². The fourth-order valence-corrected chi connectivity index (χ4v) is 6.69. The number of hydrogen-bond acceptors (Lipinski definition) is 23. The molecule has 0 aliphatic carbocycles. The van der Waals surface area contributed by atoms with Crippen molar-refractivity contribution in [1.82, 2.24) is 10.6 Å².